The molecular weight excluding hydrogens is 412 g/mol. The monoisotopic (exact) mass is 438 g/mol. The van der Waals surface area contributed by atoms with Gasteiger partial charge in [-0.05, 0) is 29.3 Å². The molecule has 2 aromatic heterocycles. The molecule has 1 atom stereocenters. The molecule has 0 aliphatic heterocycles. The molecule has 0 saturated carbocycles. The maximum atomic E-state index is 13.2. The zero-order chi connectivity index (χ0) is 23.4. The summed E-state index contributed by atoms with van der Waals surface area (Å²) in [6.45, 7) is 2.33. The zero-order valence-electron chi connectivity index (χ0n) is 19.0. The predicted molar refractivity (Wildman–Crippen MR) is 131 cm³/mol. The van der Waals surface area contributed by atoms with Gasteiger partial charge in [-0.1, -0.05) is 55.5 Å². The van der Waals surface area contributed by atoms with E-state index in [0.717, 1.165) is 16.7 Å². The summed E-state index contributed by atoms with van der Waals surface area (Å²) in [7, 11) is 3.54. The molecule has 1 unspecified atom stereocenters. The Morgan fingerprint density at radius 1 is 0.939 bits per heavy atom. The van der Waals surface area contributed by atoms with Crippen LogP contribution >= 0.6 is 0 Å². The lowest BCUT2D eigenvalue weighted by molar-refractivity contribution is 0.0933. The van der Waals surface area contributed by atoms with Gasteiger partial charge in [0, 0.05) is 56.1 Å². The summed E-state index contributed by atoms with van der Waals surface area (Å²) in [6.07, 6.45) is 3.34. The maximum Gasteiger partial charge on any atom is 0.255 e. The summed E-state index contributed by atoms with van der Waals surface area (Å²) in [5, 5.41) is 0. The Labute approximate surface area is 193 Å². The molecule has 0 radical (unpaired) electrons. The molecule has 0 aliphatic rings. The minimum Gasteiger partial charge on any atom is -0.344 e. The van der Waals surface area contributed by atoms with Crippen LogP contribution in [-0.2, 0) is 7.05 Å². The van der Waals surface area contributed by atoms with Crippen LogP contribution in [0.25, 0.3) is 22.4 Å². The highest BCUT2D eigenvalue weighted by Gasteiger charge is 2.20. The van der Waals surface area contributed by atoms with Gasteiger partial charge in [-0.3, -0.25) is 19.1 Å². The third-order valence-corrected chi connectivity index (χ3v) is 5.68. The summed E-state index contributed by atoms with van der Waals surface area (Å²) in [5.41, 5.74) is 3.99. The van der Waals surface area contributed by atoms with Gasteiger partial charge < -0.3 is 4.90 Å². The van der Waals surface area contributed by atoms with E-state index in [2.05, 4.69) is 4.98 Å². The van der Waals surface area contributed by atoms with Crippen LogP contribution in [0.1, 0.15) is 17.3 Å². The van der Waals surface area contributed by atoms with Crippen LogP contribution in [0.3, 0.4) is 0 Å². The lowest BCUT2D eigenvalue weighted by Gasteiger charge is -2.24. The van der Waals surface area contributed by atoms with Gasteiger partial charge in [-0.15, -0.1) is 0 Å². The van der Waals surface area contributed by atoms with E-state index in [0.29, 0.717) is 23.8 Å². The quantitative estimate of drug-likeness (QED) is 0.399. The number of rotatable bonds is 7. The Balaban J connectivity index is 1.56. The Kier molecular flexibility index (Phi) is 6.45. The first-order valence-electron chi connectivity index (χ1n) is 10.8. The maximum absolute atomic E-state index is 13.2. The molecule has 0 saturated heterocycles. The minimum absolute atomic E-state index is 0.0509. The Bertz CT molecular complexity index is 1320. The third-order valence-electron chi connectivity index (χ3n) is 5.68. The van der Waals surface area contributed by atoms with Gasteiger partial charge in [-0.2, -0.15) is 0 Å². The van der Waals surface area contributed by atoms with E-state index in [1.165, 1.54) is 10.6 Å². The molecule has 2 aromatic carbocycles. The zero-order valence-corrected chi connectivity index (χ0v) is 19.0. The topological polar surface area (TPSA) is 68.1 Å². The van der Waals surface area contributed by atoms with Gasteiger partial charge in [0.05, 0.1) is 5.69 Å². The van der Waals surface area contributed by atoms with Crippen LogP contribution in [0.15, 0.2) is 90.0 Å². The Hall–Kier alpha value is -4.06. The van der Waals surface area contributed by atoms with Crippen molar-refractivity contribution in [3.8, 4) is 22.4 Å². The highest BCUT2D eigenvalue weighted by atomic mass is 16.1. The number of carbonyl (C=O) groups is 1. The van der Waals surface area contributed by atoms with Crippen molar-refractivity contribution in [3.63, 3.8) is 0 Å². The Morgan fingerprint density at radius 2 is 1.64 bits per heavy atom. The van der Waals surface area contributed by atoms with Crippen LogP contribution in [0.5, 0.6) is 0 Å². The Morgan fingerprint density at radius 3 is 2.36 bits per heavy atom. The molecule has 33 heavy (non-hydrogen) atoms. The molecule has 0 N–H and O–H groups in total. The van der Waals surface area contributed by atoms with E-state index in [-0.39, 0.29) is 17.3 Å². The first-order valence-corrected chi connectivity index (χ1v) is 10.8. The second-order valence-corrected chi connectivity index (χ2v) is 8.17. The molecule has 6 heteroatoms. The van der Waals surface area contributed by atoms with Crippen LogP contribution in [0, 0.1) is 5.92 Å². The lowest BCUT2D eigenvalue weighted by Crippen LogP contribution is -2.34. The highest BCUT2D eigenvalue weighted by Crippen LogP contribution is 2.23. The van der Waals surface area contributed by atoms with Crippen molar-refractivity contribution in [2.75, 3.05) is 18.5 Å². The van der Waals surface area contributed by atoms with E-state index in [4.69, 9.17) is 4.98 Å². The van der Waals surface area contributed by atoms with Gasteiger partial charge in [0.15, 0.2) is 5.78 Å². The van der Waals surface area contributed by atoms with E-state index in [1.54, 1.807) is 19.4 Å². The summed E-state index contributed by atoms with van der Waals surface area (Å²) in [5.74, 6) is 0.268. The van der Waals surface area contributed by atoms with E-state index < -0.39 is 0 Å². The number of aromatic nitrogens is 3. The fraction of sp³-hybridized carbons (Fsp3) is 0.185. The molecule has 2 heterocycles. The van der Waals surface area contributed by atoms with Crippen molar-refractivity contribution < 1.29 is 4.79 Å². The molecule has 4 aromatic rings. The van der Waals surface area contributed by atoms with Gasteiger partial charge in [-0.25, -0.2) is 4.98 Å². The molecule has 4 rings (SSSR count). The van der Waals surface area contributed by atoms with Crippen LogP contribution in [-0.4, -0.2) is 33.9 Å². The predicted octanol–water partition coefficient (Wildman–Crippen LogP) is 4.46. The van der Waals surface area contributed by atoms with Gasteiger partial charge >= 0.3 is 0 Å². The number of nitrogens with zero attached hydrogens (tertiary/aromatic N) is 4. The fourth-order valence-corrected chi connectivity index (χ4v) is 3.88. The van der Waals surface area contributed by atoms with Crippen molar-refractivity contribution in [1.29, 1.82) is 0 Å². The molecule has 0 spiro atoms. The van der Waals surface area contributed by atoms with Crippen molar-refractivity contribution in [2.45, 2.75) is 6.92 Å². The molecule has 0 fully saturated rings. The average molecular weight is 439 g/mol. The first-order chi connectivity index (χ1) is 15.9. The summed E-state index contributed by atoms with van der Waals surface area (Å²) in [4.78, 5) is 36.3. The molecular formula is C27H26N4O2. The van der Waals surface area contributed by atoms with Crippen molar-refractivity contribution in [3.05, 3.63) is 101 Å². The lowest BCUT2D eigenvalue weighted by atomic mass is 9.95. The smallest absolute Gasteiger partial charge is 0.255 e. The van der Waals surface area contributed by atoms with Gasteiger partial charge in [0.25, 0.3) is 5.56 Å². The second-order valence-electron chi connectivity index (χ2n) is 8.17. The van der Waals surface area contributed by atoms with Gasteiger partial charge in [0.2, 0.25) is 5.95 Å². The van der Waals surface area contributed by atoms with Gasteiger partial charge in [0.1, 0.15) is 0 Å². The number of hydrogen-bond acceptors (Lipinski definition) is 5. The van der Waals surface area contributed by atoms with E-state index in [9.17, 15) is 9.59 Å². The largest absolute Gasteiger partial charge is 0.344 e. The summed E-state index contributed by atoms with van der Waals surface area (Å²) < 4.78 is 1.50. The normalized spacial score (nSPS) is 11.7. The molecule has 6 nitrogen and oxygen atoms in total. The second kappa shape index (κ2) is 9.61. The number of ketones is 1. The van der Waals surface area contributed by atoms with Crippen molar-refractivity contribution >= 4 is 11.7 Å². The number of anilines is 1. The minimum atomic E-state index is -0.289. The highest BCUT2D eigenvalue weighted by molar-refractivity contribution is 5.99. The molecule has 166 valence electrons. The number of carbonyl (C=O) groups excluding carboxylic acids is 1. The van der Waals surface area contributed by atoms with Crippen LogP contribution in [0.2, 0.25) is 0 Å². The van der Waals surface area contributed by atoms with Crippen molar-refractivity contribution in [2.24, 2.45) is 13.0 Å². The molecule has 0 aliphatic carbocycles. The first kappa shape index (κ1) is 22.1. The van der Waals surface area contributed by atoms with Crippen LogP contribution in [0.4, 0.5) is 5.95 Å². The van der Waals surface area contributed by atoms with Crippen molar-refractivity contribution in [1.82, 2.24) is 14.5 Å². The number of Topliss-reactive ketones (excluding diaryl/α,β-unsaturated/α-hetero) is 1. The average Bonchev–Trinajstić information content (AvgIpc) is 2.86. The fourth-order valence-electron chi connectivity index (χ4n) is 3.88. The number of benzene rings is 2. The molecule has 0 amide bonds. The molecule has 0 bridgehead atoms. The van der Waals surface area contributed by atoms with E-state index in [1.807, 2.05) is 85.6 Å². The third kappa shape index (κ3) is 4.90. The van der Waals surface area contributed by atoms with E-state index >= 15 is 0 Å². The number of pyridine rings is 1. The SMILES string of the molecule is CC(CN(C)c1nc(-c2ccncc2)cc(=O)n1C)C(=O)c1cccc(-c2ccccc2)c1. The summed E-state index contributed by atoms with van der Waals surface area (Å²) in [6, 6.07) is 22.9. The van der Waals surface area contributed by atoms with Crippen LogP contribution < -0.4 is 10.5 Å². The number of hydrogen-bond donors (Lipinski definition) is 0. The summed E-state index contributed by atoms with van der Waals surface area (Å²) >= 11 is 0. The standard InChI is InChI=1S/C27H26N4O2/c1-19(26(33)23-11-7-10-22(16-23)20-8-5-4-6-9-20)18-30(2)27-29-24(17-25(32)31(27)3)21-12-14-28-15-13-21/h4-17,19H,18H2,1-3H3.